The number of hydrogen-bond donors (Lipinski definition) is 0. The summed E-state index contributed by atoms with van der Waals surface area (Å²) in [5.74, 6) is -1.50. The molecular weight excluding hydrogens is 246 g/mol. The number of fused-ring (bicyclic) bond motifs is 2. The van der Waals surface area contributed by atoms with Crippen LogP contribution in [-0.4, -0.2) is 30.6 Å². The molecule has 2 bridgehead atoms. The average Bonchev–Trinajstić information content (AvgIpc) is 2.84. The van der Waals surface area contributed by atoms with Gasteiger partial charge in [-0.1, -0.05) is 0 Å². The molecule has 2 saturated carbocycles. The van der Waals surface area contributed by atoms with Crippen molar-refractivity contribution in [1.82, 2.24) is 0 Å². The van der Waals surface area contributed by atoms with E-state index < -0.39 is 30.6 Å². The summed E-state index contributed by atoms with van der Waals surface area (Å²) in [6, 6.07) is 0. The molecule has 0 N–H and O–H groups in total. The van der Waals surface area contributed by atoms with Crippen LogP contribution in [0.25, 0.3) is 0 Å². The molecule has 0 heterocycles. The van der Waals surface area contributed by atoms with Crippen molar-refractivity contribution in [3.8, 4) is 0 Å². The molecule has 6 heteroatoms. The molecule has 0 amide bonds. The second-order valence-corrected chi connectivity index (χ2v) is 5.28. The van der Waals surface area contributed by atoms with Crippen LogP contribution in [0.15, 0.2) is 0 Å². The minimum atomic E-state index is -3.21. The highest BCUT2D eigenvalue weighted by Gasteiger charge is 2.50. The molecule has 0 aromatic carbocycles. The zero-order chi connectivity index (χ0) is 13.3. The molecule has 18 heavy (non-hydrogen) atoms. The lowest BCUT2D eigenvalue weighted by Crippen LogP contribution is -2.38. The summed E-state index contributed by atoms with van der Waals surface area (Å²) < 4.78 is 33.1. The van der Waals surface area contributed by atoms with Gasteiger partial charge in [0.2, 0.25) is 0 Å². The highest BCUT2D eigenvalue weighted by Crippen LogP contribution is 2.52. The highest BCUT2D eigenvalue weighted by molar-refractivity contribution is 5.78. The van der Waals surface area contributed by atoms with Crippen molar-refractivity contribution in [3.05, 3.63) is 0 Å². The predicted octanol–water partition coefficient (Wildman–Crippen LogP) is 1.92. The van der Waals surface area contributed by atoms with Gasteiger partial charge >= 0.3 is 18.4 Å². The normalized spacial score (nSPS) is 33.8. The van der Waals surface area contributed by atoms with Gasteiger partial charge in [0.15, 0.2) is 6.61 Å². The van der Waals surface area contributed by atoms with Crippen LogP contribution in [0.1, 0.15) is 32.6 Å². The molecule has 0 aliphatic heterocycles. The van der Waals surface area contributed by atoms with Crippen LogP contribution < -0.4 is 0 Å². The smallest absolute Gasteiger partial charge is 0.374 e. The highest BCUT2D eigenvalue weighted by atomic mass is 19.3. The summed E-state index contributed by atoms with van der Waals surface area (Å²) in [5.41, 5.74) is -0.517. The van der Waals surface area contributed by atoms with Gasteiger partial charge in [-0.3, -0.25) is 0 Å². The average molecular weight is 262 g/mol. The lowest BCUT2D eigenvalue weighted by atomic mass is 9.86. The van der Waals surface area contributed by atoms with E-state index >= 15 is 0 Å². The largest absolute Gasteiger partial charge is 0.457 e. The monoisotopic (exact) mass is 262 g/mol. The Morgan fingerprint density at radius 2 is 2.11 bits per heavy atom. The Morgan fingerprint density at radius 3 is 2.61 bits per heavy atom. The molecule has 0 saturated heterocycles. The van der Waals surface area contributed by atoms with Gasteiger partial charge in [-0.2, -0.15) is 8.78 Å². The van der Waals surface area contributed by atoms with Crippen molar-refractivity contribution in [2.75, 3.05) is 6.61 Å². The Bertz CT molecular complexity index is 358. The van der Waals surface area contributed by atoms with Crippen molar-refractivity contribution in [3.63, 3.8) is 0 Å². The van der Waals surface area contributed by atoms with Crippen LogP contribution in [-0.2, 0) is 19.1 Å². The fraction of sp³-hybridized carbons (Fsp3) is 0.833. The van der Waals surface area contributed by atoms with Gasteiger partial charge in [0.25, 0.3) is 0 Å². The van der Waals surface area contributed by atoms with Gasteiger partial charge in [0.05, 0.1) is 0 Å². The van der Waals surface area contributed by atoms with E-state index in [-0.39, 0.29) is 0 Å². The number of hydrogen-bond acceptors (Lipinski definition) is 4. The molecule has 0 spiro atoms. The zero-order valence-corrected chi connectivity index (χ0v) is 10.2. The van der Waals surface area contributed by atoms with Crippen molar-refractivity contribution in [2.45, 2.75) is 44.6 Å². The van der Waals surface area contributed by atoms with E-state index in [1.807, 2.05) is 6.92 Å². The quantitative estimate of drug-likeness (QED) is 0.726. The van der Waals surface area contributed by atoms with Crippen LogP contribution in [0.3, 0.4) is 0 Å². The second-order valence-electron chi connectivity index (χ2n) is 5.28. The molecule has 0 radical (unpaired) electrons. The number of ether oxygens (including phenoxy) is 2. The van der Waals surface area contributed by atoms with Crippen molar-refractivity contribution < 1.29 is 27.8 Å². The molecule has 102 valence electrons. The molecule has 0 aromatic heterocycles. The zero-order valence-electron chi connectivity index (χ0n) is 10.2. The molecule has 3 atom stereocenters. The number of esters is 2. The van der Waals surface area contributed by atoms with Crippen LogP contribution in [0.2, 0.25) is 0 Å². The number of halogens is 2. The summed E-state index contributed by atoms with van der Waals surface area (Å²) in [6.45, 7) is 1.12. The van der Waals surface area contributed by atoms with E-state index in [1.165, 1.54) is 0 Å². The lowest BCUT2D eigenvalue weighted by Gasteiger charge is -2.33. The van der Waals surface area contributed by atoms with Crippen LogP contribution in [0.5, 0.6) is 0 Å². The van der Waals surface area contributed by atoms with Crippen molar-refractivity contribution in [1.29, 1.82) is 0 Å². The summed E-state index contributed by atoms with van der Waals surface area (Å²) in [7, 11) is 0. The number of alkyl halides is 2. The summed E-state index contributed by atoms with van der Waals surface area (Å²) in [6.07, 6.45) is 0.854. The maximum atomic E-state index is 11.9. The van der Waals surface area contributed by atoms with E-state index in [9.17, 15) is 18.4 Å². The van der Waals surface area contributed by atoms with E-state index in [0.717, 1.165) is 25.7 Å². The first kappa shape index (κ1) is 13.2. The Balaban J connectivity index is 1.79. The van der Waals surface area contributed by atoms with Gasteiger partial charge in [-0.15, -0.1) is 0 Å². The topological polar surface area (TPSA) is 52.6 Å². The second kappa shape index (κ2) is 4.82. The van der Waals surface area contributed by atoms with E-state index in [2.05, 4.69) is 4.74 Å². The maximum Gasteiger partial charge on any atom is 0.374 e. The summed E-state index contributed by atoms with van der Waals surface area (Å²) >= 11 is 0. The standard InChI is InChI=1S/C12H16F2O4/c1-12(5-7-2-3-8(12)4-7)18-9(15)6-17-11(16)10(13)14/h7-8,10H,2-6H2,1H3. The number of carbonyl (C=O) groups excluding carboxylic acids is 2. The minimum absolute atomic E-state index is 0.345. The first-order valence-corrected chi connectivity index (χ1v) is 6.07. The SMILES string of the molecule is CC1(OC(=O)COC(=O)C(F)F)CC2CCC1C2. The van der Waals surface area contributed by atoms with Gasteiger partial charge in [0.1, 0.15) is 5.60 Å². The van der Waals surface area contributed by atoms with Gasteiger partial charge in [0, 0.05) is 0 Å². The van der Waals surface area contributed by atoms with Gasteiger partial charge < -0.3 is 9.47 Å². The summed E-state index contributed by atoms with van der Waals surface area (Å²) in [5, 5.41) is 0. The van der Waals surface area contributed by atoms with Crippen LogP contribution >= 0.6 is 0 Å². The lowest BCUT2D eigenvalue weighted by molar-refractivity contribution is -0.176. The molecule has 3 unspecified atom stereocenters. The fourth-order valence-corrected chi connectivity index (χ4v) is 3.16. The Kier molecular flexibility index (Phi) is 3.54. The van der Waals surface area contributed by atoms with Crippen molar-refractivity contribution >= 4 is 11.9 Å². The molecule has 2 aliphatic carbocycles. The maximum absolute atomic E-state index is 11.9. The Morgan fingerprint density at radius 1 is 1.39 bits per heavy atom. The fourth-order valence-electron chi connectivity index (χ4n) is 3.16. The van der Waals surface area contributed by atoms with Crippen LogP contribution in [0.4, 0.5) is 8.78 Å². The third-order valence-electron chi connectivity index (χ3n) is 3.96. The van der Waals surface area contributed by atoms with E-state index in [0.29, 0.717) is 11.8 Å². The molecular formula is C12H16F2O4. The van der Waals surface area contributed by atoms with Gasteiger partial charge in [-0.05, 0) is 44.4 Å². The van der Waals surface area contributed by atoms with Crippen LogP contribution in [0, 0.1) is 11.8 Å². The predicted molar refractivity (Wildman–Crippen MR) is 56.9 cm³/mol. The molecule has 2 fully saturated rings. The van der Waals surface area contributed by atoms with E-state index in [4.69, 9.17) is 4.74 Å². The molecule has 2 rings (SSSR count). The summed E-state index contributed by atoms with van der Waals surface area (Å²) in [4.78, 5) is 22.0. The van der Waals surface area contributed by atoms with E-state index in [1.54, 1.807) is 0 Å². The molecule has 0 aromatic rings. The Labute approximate surface area is 104 Å². The third kappa shape index (κ3) is 2.62. The number of rotatable bonds is 4. The molecule has 4 nitrogen and oxygen atoms in total. The Hall–Kier alpha value is -1.20. The molecule has 2 aliphatic rings. The first-order valence-electron chi connectivity index (χ1n) is 6.07. The minimum Gasteiger partial charge on any atom is -0.457 e. The van der Waals surface area contributed by atoms with Crippen molar-refractivity contribution in [2.24, 2.45) is 11.8 Å². The van der Waals surface area contributed by atoms with Gasteiger partial charge in [-0.25, -0.2) is 9.59 Å². The third-order valence-corrected chi connectivity index (χ3v) is 3.96. The first-order chi connectivity index (χ1) is 8.40. The number of carbonyl (C=O) groups is 2.